The summed E-state index contributed by atoms with van der Waals surface area (Å²) < 4.78 is 32.3. The van der Waals surface area contributed by atoms with Gasteiger partial charge in [0.15, 0.2) is 17.5 Å². The summed E-state index contributed by atoms with van der Waals surface area (Å²) in [6, 6.07) is 8.08. The number of carbonyl (C=O) groups excluding carboxylic acids is 3. The zero-order chi connectivity index (χ0) is 25.5. The number of ketones is 1. The Bertz CT molecular complexity index is 1180. The highest BCUT2D eigenvalue weighted by Crippen LogP contribution is 2.25. The summed E-state index contributed by atoms with van der Waals surface area (Å²) in [6.45, 7) is 0.495. The van der Waals surface area contributed by atoms with Gasteiger partial charge >= 0.3 is 11.9 Å². The summed E-state index contributed by atoms with van der Waals surface area (Å²) in [7, 11) is -4.29. The Balaban J connectivity index is 2.12. The van der Waals surface area contributed by atoms with Crippen molar-refractivity contribution < 1.29 is 37.4 Å². The number of nitrogens with one attached hydrogen (secondary N) is 1. The maximum atomic E-state index is 12.7. The van der Waals surface area contributed by atoms with Crippen LogP contribution in [0.1, 0.15) is 29.3 Å². The number of benzene rings is 2. The van der Waals surface area contributed by atoms with Crippen LogP contribution in [0.3, 0.4) is 0 Å². The lowest BCUT2D eigenvalue weighted by atomic mass is 10.1. The van der Waals surface area contributed by atoms with Gasteiger partial charge in [-0.25, -0.2) is 13.2 Å². The van der Waals surface area contributed by atoms with E-state index >= 15 is 0 Å². The van der Waals surface area contributed by atoms with Crippen molar-refractivity contribution in [1.29, 1.82) is 0 Å². The summed E-state index contributed by atoms with van der Waals surface area (Å²) in [4.78, 5) is 46.8. The van der Waals surface area contributed by atoms with E-state index in [4.69, 9.17) is 33.0 Å². The number of Topliss-reactive ketones (excluding diaryl/α,β-unsaturated/α-hetero) is 1. The molecule has 0 heterocycles. The highest BCUT2D eigenvalue weighted by Gasteiger charge is 2.29. The van der Waals surface area contributed by atoms with Gasteiger partial charge in [-0.2, -0.15) is 4.72 Å². The first-order chi connectivity index (χ1) is 15.9. The van der Waals surface area contributed by atoms with Gasteiger partial charge in [0.1, 0.15) is 0 Å². The fraction of sp³-hybridized carbons (Fsp3) is 0.238. The summed E-state index contributed by atoms with van der Waals surface area (Å²) in [5, 5.41) is 8.99. The summed E-state index contributed by atoms with van der Waals surface area (Å²) in [5.74, 6) is -3.11. The molecule has 0 bridgehead atoms. The van der Waals surface area contributed by atoms with Gasteiger partial charge in [-0.3, -0.25) is 14.4 Å². The largest absolute Gasteiger partial charge is 0.481 e. The maximum Gasteiger partial charge on any atom is 0.341 e. The van der Waals surface area contributed by atoms with Crippen LogP contribution in [0.15, 0.2) is 47.4 Å². The average Bonchev–Trinajstić information content (AvgIpc) is 2.75. The second-order valence-corrected chi connectivity index (χ2v) is 10.5. The van der Waals surface area contributed by atoms with Gasteiger partial charge in [0.05, 0.1) is 33.0 Å². The number of carboxylic acids is 1. The minimum atomic E-state index is -4.29. The maximum absolute atomic E-state index is 12.7. The van der Waals surface area contributed by atoms with Crippen molar-refractivity contribution in [2.24, 2.45) is 0 Å². The Morgan fingerprint density at radius 3 is 2.18 bits per heavy atom. The van der Waals surface area contributed by atoms with Crippen molar-refractivity contribution in [3.05, 3.63) is 63.6 Å². The monoisotopic (exact) mass is 547 g/mol. The van der Waals surface area contributed by atoms with Gasteiger partial charge in [-0.05, 0) is 29.8 Å². The number of carboxylic acid groups (broad SMARTS) is 1. The lowest BCUT2D eigenvalue weighted by Gasteiger charge is -2.16. The molecule has 0 aliphatic heterocycles. The van der Waals surface area contributed by atoms with Gasteiger partial charge in [0.2, 0.25) is 10.0 Å². The van der Waals surface area contributed by atoms with Crippen LogP contribution in [0.25, 0.3) is 0 Å². The van der Waals surface area contributed by atoms with Crippen molar-refractivity contribution in [3.8, 4) is 0 Å². The van der Waals surface area contributed by atoms with Gasteiger partial charge in [0.25, 0.3) is 0 Å². The zero-order valence-corrected chi connectivity index (χ0v) is 20.8. The molecule has 0 spiro atoms. The molecule has 0 amide bonds. The third-order valence-corrected chi connectivity index (χ3v) is 7.25. The van der Waals surface area contributed by atoms with Crippen LogP contribution in [0.4, 0.5) is 0 Å². The third kappa shape index (κ3) is 8.10. The summed E-state index contributed by atoms with van der Waals surface area (Å²) in [5.41, 5.74) is 0.513. The Labute approximate surface area is 209 Å². The van der Waals surface area contributed by atoms with E-state index in [1.807, 2.05) is 4.72 Å². The molecule has 2 aromatic rings. The fourth-order valence-electron chi connectivity index (χ4n) is 2.60. The molecule has 0 saturated heterocycles. The number of hydrogen-bond acceptors (Lipinski definition) is 8. The van der Waals surface area contributed by atoms with E-state index in [-0.39, 0.29) is 25.6 Å². The molecule has 0 aliphatic rings. The normalized spacial score (nSPS) is 12.1. The van der Waals surface area contributed by atoms with Gasteiger partial charge < -0.3 is 9.84 Å². The molecule has 2 aromatic carbocycles. The molecule has 13 heteroatoms. The van der Waals surface area contributed by atoms with Crippen LogP contribution in [-0.2, 0) is 34.9 Å². The number of carbonyl (C=O) groups is 4. The average molecular weight is 548 g/mol. The van der Waals surface area contributed by atoms with Crippen LogP contribution < -0.4 is 4.72 Å². The minimum absolute atomic E-state index is 0.0158. The molecule has 182 valence electrons. The van der Waals surface area contributed by atoms with Gasteiger partial charge in [-0.15, -0.1) is 0 Å². The van der Waals surface area contributed by atoms with E-state index in [0.29, 0.717) is 11.3 Å². The minimum Gasteiger partial charge on any atom is -0.481 e. The molecular weight excluding hydrogens is 529 g/mol. The summed E-state index contributed by atoms with van der Waals surface area (Å²) in [6.07, 6.45) is -0.879. The topological polar surface area (TPSA) is 144 Å². The molecule has 9 nitrogen and oxygen atoms in total. The molecule has 34 heavy (non-hydrogen) atoms. The molecule has 0 aliphatic carbocycles. The Morgan fingerprint density at radius 1 is 1.06 bits per heavy atom. The lowest BCUT2D eigenvalue weighted by molar-refractivity contribution is -0.139. The Morgan fingerprint density at radius 2 is 1.65 bits per heavy atom. The Hall–Kier alpha value is -2.44. The van der Waals surface area contributed by atoms with Crippen molar-refractivity contribution in [3.63, 3.8) is 0 Å². The second-order valence-electron chi connectivity index (χ2n) is 6.84. The number of hydrogen-bond donors (Lipinski definition) is 2. The van der Waals surface area contributed by atoms with Crippen LogP contribution in [-0.4, -0.2) is 49.0 Å². The predicted molar refractivity (Wildman–Crippen MR) is 127 cm³/mol. The van der Waals surface area contributed by atoms with Gasteiger partial charge in [0, 0.05) is 12.7 Å². The zero-order valence-electron chi connectivity index (χ0n) is 17.6. The molecule has 0 fully saturated rings. The van der Waals surface area contributed by atoms with Gasteiger partial charge in [-0.1, -0.05) is 53.2 Å². The number of aliphatic carboxylic acids is 1. The van der Waals surface area contributed by atoms with Crippen molar-refractivity contribution in [1.82, 2.24) is 4.72 Å². The molecule has 0 saturated carbocycles. The lowest BCUT2D eigenvalue weighted by Crippen LogP contribution is -2.44. The molecule has 0 aromatic heterocycles. The number of esters is 1. The number of sulfonamides is 1. The number of thioether (sulfide) groups is 1. The highest BCUT2D eigenvalue weighted by molar-refractivity contribution is 8.12. The van der Waals surface area contributed by atoms with E-state index in [0.717, 1.165) is 11.8 Å². The quantitative estimate of drug-likeness (QED) is 0.404. The molecular formula is C21H19Cl2NO8S2. The predicted octanol–water partition coefficient (Wildman–Crippen LogP) is 3.32. The fourth-order valence-corrected chi connectivity index (χ4v) is 4.94. The first-order valence-corrected chi connectivity index (χ1v) is 12.7. The SMILES string of the molecule is CC(=O)SCc1ccc(S(=O)(=O)NC(CC(=O)O)C(=O)COC(=O)c2c(Cl)cccc2Cl)cc1. The second kappa shape index (κ2) is 12.3. The molecule has 0 radical (unpaired) electrons. The first-order valence-electron chi connectivity index (χ1n) is 9.51. The standard InChI is InChI=1S/C21H19Cl2NO8S2/c1-12(25)33-11-13-5-7-14(8-6-13)34(30,31)24-17(9-19(27)28)18(26)10-32-21(29)20-15(22)3-2-4-16(20)23/h2-8,17,24H,9-11H2,1H3,(H,27,28). The smallest absolute Gasteiger partial charge is 0.341 e. The first kappa shape index (κ1) is 27.8. The Kier molecular flexibility index (Phi) is 10.1. The number of halogens is 2. The highest BCUT2D eigenvalue weighted by atomic mass is 35.5. The van der Waals surface area contributed by atoms with E-state index in [1.165, 1.54) is 49.4 Å². The molecule has 2 N–H and O–H groups in total. The van der Waals surface area contributed by atoms with Crippen molar-refractivity contribution in [2.75, 3.05) is 6.61 Å². The van der Waals surface area contributed by atoms with Crippen molar-refractivity contribution >= 4 is 67.8 Å². The van der Waals surface area contributed by atoms with Crippen molar-refractivity contribution in [2.45, 2.75) is 30.0 Å². The third-order valence-electron chi connectivity index (χ3n) is 4.25. The van der Waals surface area contributed by atoms with E-state index < -0.39 is 46.8 Å². The van der Waals surface area contributed by atoms with E-state index in [9.17, 15) is 27.6 Å². The summed E-state index contributed by atoms with van der Waals surface area (Å²) >= 11 is 12.9. The van der Waals surface area contributed by atoms with E-state index in [1.54, 1.807) is 0 Å². The number of rotatable bonds is 11. The molecule has 2 rings (SSSR count). The van der Waals surface area contributed by atoms with Crippen LogP contribution >= 0.6 is 35.0 Å². The van der Waals surface area contributed by atoms with Crippen LogP contribution in [0.5, 0.6) is 0 Å². The van der Waals surface area contributed by atoms with E-state index in [2.05, 4.69) is 0 Å². The number of ether oxygens (including phenoxy) is 1. The van der Waals surface area contributed by atoms with Crippen LogP contribution in [0, 0.1) is 0 Å². The van der Waals surface area contributed by atoms with Crippen LogP contribution in [0.2, 0.25) is 10.0 Å². The molecule has 1 atom stereocenters. The molecule has 1 unspecified atom stereocenters.